The molecule has 1 heterocycles. The topological polar surface area (TPSA) is 90.9 Å². The molecule has 1 aliphatic heterocycles. The van der Waals surface area contributed by atoms with Crippen LogP contribution in [0, 0.1) is 0 Å². The standard InChI is InChI=1S/C5H10N4O2/c6-5(8-11)9-2-1-7-4(10)3-9/h11H,1-3H2,(H2,6,8)(H,7,10). The Morgan fingerprint density at radius 2 is 2.55 bits per heavy atom. The summed E-state index contributed by atoms with van der Waals surface area (Å²) in [4.78, 5) is 12.2. The molecule has 0 aromatic carbocycles. The quantitative estimate of drug-likeness (QED) is 0.166. The second-order valence-corrected chi connectivity index (χ2v) is 2.23. The lowest BCUT2D eigenvalue weighted by molar-refractivity contribution is -0.122. The fraction of sp³-hybridized carbons (Fsp3) is 0.600. The Kier molecular flexibility index (Phi) is 2.15. The molecular weight excluding hydrogens is 148 g/mol. The minimum atomic E-state index is -0.108. The van der Waals surface area contributed by atoms with E-state index in [1.54, 1.807) is 0 Å². The summed E-state index contributed by atoms with van der Waals surface area (Å²) >= 11 is 0. The second-order valence-electron chi connectivity index (χ2n) is 2.23. The number of nitrogens with one attached hydrogen (secondary N) is 1. The zero-order valence-electron chi connectivity index (χ0n) is 5.95. The number of hydrogen-bond donors (Lipinski definition) is 3. The first-order valence-corrected chi connectivity index (χ1v) is 3.23. The monoisotopic (exact) mass is 158 g/mol. The van der Waals surface area contributed by atoms with E-state index in [9.17, 15) is 4.79 Å². The largest absolute Gasteiger partial charge is 0.408 e. The molecule has 1 saturated heterocycles. The van der Waals surface area contributed by atoms with Crippen molar-refractivity contribution in [3.8, 4) is 0 Å². The first kappa shape index (κ1) is 7.64. The summed E-state index contributed by atoms with van der Waals surface area (Å²) in [6.45, 7) is 1.28. The van der Waals surface area contributed by atoms with Crippen molar-refractivity contribution in [3.63, 3.8) is 0 Å². The fourth-order valence-electron chi connectivity index (χ4n) is 0.897. The van der Waals surface area contributed by atoms with Crippen molar-refractivity contribution in [2.24, 2.45) is 10.9 Å². The van der Waals surface area contributed by atoms with Gasteiger partial charge in [-0.15, -0.1) is 0 Å². The van der Waals surface area contributed by atoms with Crippen molar-refractivity contribution in [3.05, 3.63) is 0 Å². The molecule has 0 unspecified atom stereocenters. The van der Waals surface area contributed by atoms with Crippen LogP contribution in [0.1, 0.15) is 0 Å². The highest BCUT2D eigenvalue weighted by atomic mass is 16.4. The minimum Gasteiger partial charge on any atom is -0.408 e. The molecule has 0 bridgehead atoms. The van der Waals surface area contributed by atoms with Crippen LogP contribution >= 0.6 is 0 Å². The lowest BCUT2D eigenvalue weighted by Gasteiger charge is -2.26. The van der Waals surface area contributed by atoms with E-state index in [0.29, 0.717) is 13.1 Å². The van der Waals surface area contributed by atoms with Crippen molar-refractivity contribution >= 4 is 11.9 Å². The van der Waals surface area contributed by atoms with Gasteiger partial charge < -0.3 is 21.2 Å². The molecule has 0 radical (unpaired) electrons. The van der Waals surface area contributed by atoms with Crippen molar-refractivity contribution in [2.75, 3.05) is 19.6 Å². The molecule has 1 aliphatic rings. The molecular formula is C5H10N4O2. The summed E-state index contributed by atoms with van der Waals surface area (Å²) < 4.78 is 0. The van der Waals surface area contributed by atoms with Crippen LogP contribution in [0.2, 0.25) is 0 Å². The molecule has 4 N–H and O–H groups in total. The molecule has 0 aromatic heterocycles. The van der Waals surface area contributed by atoms with E-state index in [-0.39, 0.29) is 18.4 Å². The van der Waals surface area contributed by atoms with E-state index in [1.165, 1.54) is 4.90 Å². The minimum absolute atomic E-state index is 0.0140. The Morgan fingerprint density at radius 3 is 3.09 bits per heavy atom. The van der Waals surface area contributed by atoms with Gasteiger partial charge in [0.25, 0.3) is 0 Å². The molecule has 1 rings (SSSR count). The van der Waals surface area contributed by atoms with Gasteiger partial charge in [-0.3, -0.25) is 4.79 Å². The molecule has 0 atom stereocenters. The number of nitrogens with two attached hydrogens (primary N) is 1. The Hall–Kier alpha value is -1.46. The number of guanidine groups is 1. The summed E-state index contributed by atoms with van der Waals surface area (Å²) in [6, 6.07) is 0. The zero-order chi connectivity index (χ0) is 8.27. The third-order valence-corrected chi connectivity index (χ3v) is 1.46. The number of oxime groups is 1. The Balaban J connectivity index is 2.52. The van der Waals surface area contributed by atoms with Crippen molar-refractivity contribution in [1.29, 1.82) is 0 Å². The molecule has 0 aromatic rings. The van der Waals surface area contributed by atoms with Gasteiger partial charge in [-0.05, 0) is 0 Å². The number of rotatable bonds is 0. The SMILES string of the molecule is N/C(=N\O)N1CCNC(=O)C1. The van der Waals surface area contributed by atoms with Crippen LogP contribution in [0.4, 0.5) is 0 Å². The highest BCUT2D eigenvalue weighted by molar-refractivity contribution is 5.86. The molecule has 6 nitrogen and oxygen atoms in total. The molecule has 11 heavy (non-hydrogen) atoms. The van der Waals surface area contributed by atoms with E-state index in [4.69, 9.17) is 10.9 Å². The normalized spacial score (nSPS) is 19.8. The van der Waals surface area contributed by atoms with Gasteiger partial charge in [0, 0.05) is 13.1 Å². The van der Waals surface area contributed by atoms with Crippen LogP contribution in [0.15, 0.2) is 5.16 Å². The maximum atomic E-state index is 10.7. The summed E-state index contributed by atoms with van der Waals surface area (Å²) in [7, 11) is 0. The highest BCUT2D eigenvalue weighted by Crippen LogP contribution is 1.91. The fourth-order valence-corrected chi connectivity index (χ4v) is 0.897. The second kappa shape index (κ2) is 3.09. The third kappa shape index (κ3) is 1.73. The molecule has 62 valence electrons. The summed E-state index contributed by atoms with van der Waals surface area (Å²) in [5.41, 5.74) is 5.26. The average molecular weight is 158 g/mol. The van der Waals surface area contributed by atoms with Crippen LogP contribution in [0.25, 0.3) is 0 Å². The number of piperazine rings is 1. The zero-order valence-corrected chi connectivity index (χ0v) is 5.95. The van der Waals surface area contributed by atoms with Crippen molar-refractivity contribution in [2.45, 2.75) is 0 Å². The van der Waals surface area contributed by atoms with Gasteiger partial charge in [0.1, 0.15) is 0 Å². The Morgan fingerprint density at radius 1 is 1.82 bits per heavy atom. The first-order chi connectivity index (χ1) is 5.24. The lowest BCUT2D eigenvalue weighted by Crippen LogP contribution is -2.52. The van der Waals surface area contributed by atoms with E-state index >= 15 is 0 Å². The molecule has 6 heteroatoms. The maximum absolute atomic E-state index is 10.7. The van der Waals surface area contributed by atoms with E-state index in [0.717, 1.165) is 0 Å². The Labute approximate surface area is 63.6 Å². The number of carbonyl (C=O) groups is 1. The Bertz CT molecular complexity index is 191. The first-order valence-electron chi connectivity index (χ1n) is 3.23. The van der Waals surface area contributed by atoms with Crippen LogP contribution < -0.4 is 11.1 Å². The predicted octanol–water partition coefficient (Wildman–Crippen LogP) is -1.88. The summed E-state index contributed by atoms with van der Waals surface area (Å²) in [5, 5.41) is 13.7. The van der Waals surface area contributed by atoms with E-state index in [2.05, 4.69) is 10.5 Å². The molecule has 1 amide bonds. The van der Waals surface area contributed by atoms with Gasteiger partial charge in [-0.1, -0.05) is 5.16 Å². The van der Waals surface area contributed by atoms with Gasteiger partial charge >= 0.3 is 0 Å². The van der Waals surface area contributed by atoms with Gasteiger partial charge in [0.2, 0.25) is 11.9 Å². The lowest BCUT2D eigenvalue weighted by atomic mass is 10.4. The molecule has 0 saturated carbocycles. The molecule has 0 spiro atoms. The highest BCUT2D eigenvalue weighted by Gasteiger charge is 2.17. The van der Waals surface area contributed by atoms with E-state index < -0.39 is 0 Å². The molecule has 0 aliphatic carbocycles. The predicted molar refractivity (Wildman–Crippen MR) is 38.0 cm³/mol. The van der Waals surface area contributed by atoms with Gasteiger partial charge in [0.05, 0.1) is 6.54 Å². The van der Waals surface area contributed by atoms with Crippen LogP contribution in [0.5, 0.6) is 0 Å². The number of carbonyl (C=O) groups excluding carboxylic acids is 1. The summed E-state index contributed by atoms with van der Waals surface area (Å²) in [5.74, 6) is -0.122. The molecule has 1 fully saturated rings. The third-order valence-electron chi connectivity index (χ3n) is 1.46. The average Bonchev–Trinajstić information content (AvgIpc) is 2.03. The number of amides is 1. The smallest absolute Gasteiger partial charge is 0.239 e. The van der Waals surface area contributed by atoms with Gasteiger partial charge in [0.15, 0.2) is 0 Å². The van der Waals surface area contributed by atoms with Gasteiger partial charge in [-0.2, -0.15) is 0 Å². The maximum Gasteiger partial charge on any atom is 0.239 e. The van der Waals surface area contributed by atoms with E-state index in [1.807, 2.05) is 0 Å². The van der Waals surface area contributed by atoms with Crippen LogP contribution in [0.3, 0.4) is 0 Å². The van der Waals surface area contributed by atoms with Crippen LogP contribution in [-0.4, -0.2) is 41.6 Å². The number of hydrogen-bond acceptors (Lipinski definition) is 3. The summed E-state index contributed by atoms with van der Waals surface area (Å²) in [6.07, 6.45) is 0. The van der Waals surface area contributed by atoms with Crippen LogP contribution in [-0.2, 0) is 4.79 Å². The van der Waals surface area contributed by atoms with Crippen molar-refractivity contribution < 1.29 is 10.0 Å². The number of nitrogens with zero attached hydrogens (tertiary/aromatic N) is 2. The van der Waals surface area contributed by atoms with Gasteiger partial charge in [-0.25, -0.2) is 0 Å². The van der Waals surface area contributed by atoms with Crippen molar-refractivity contribution in [1.82, 2.24) is 10.2 Å².